The Labute approximate surface area is 116 Å². The van der Waals surface area contributed by atoms with Gasteiger partial charge in [-0.25, -0.2) is 8.78 Å². The summed E-state index contributed by atoms with van der Waals surface area (Å²) in [6, 6.07) is 1.19. The van der Waals surface area contributed by atoms with Crippen LogP contribution in [-0.4, -0.2) is 36.7 Å². The molecule has 6 heteroatoms. The van der Waals surface area contributed by atoms with E-state index in [0.717, 1.165) is 0 Å². The van der Waals surface area contributed by atoms with Gasteiger partial charge in [-0.2, -0.15) is 0 Å². The lowest BCUT2D eigenvalue weighted by molar-refractivity contribution is -0.00554. The lowest BCUT2D eigenvalue weighted by atomic mass is 10.1. The van der Waals surface area contributed by atoms with E-state index in [9.17, 15) is 18.7 Å². The van der Waals surface area contributed by atoms with E-state index >= 15 is 0 Å². The van der Waals surface area contributed by atoms with Gasteiger partial charge < -0.3 is 14.7 Å². The van der Waals surface area contributed by atoms with Crippen LogP contribution in [-0.2, 0) is 11.3 Å². The Bertz CT molecular complexity index is 512. The van der Waals surface area contributed by atoms with Gasteiger partial charge in [-0.15, -0.1) is 0 Å². The van der Waals surface area contributed by atoms with Crippen molar-refractivity contribution in [1.29, 1.82) is 0 Å². The number of morpholine rings is 1. The molecule has 1 aliphatic heterocycles. The number of hydrogen-bond acceptors (Lipinski definition) is 4. The van der Waals surface area contributed by atoms with Gasteiger partial charge in [0.1, 0.15) is 0 Å². The first-order chi connectivity index (χ1) is 9.47. The number of aliphatic hydroxyl groups is 1. The second kappa shape index (κ2) is 5.85. The number of aliphatic hydroxyl groups excluding tert-OH is 1. The van der Waals surface area contributed by atoms with Gasteiger partial charge in [0.15, 0.2) is 17.9 Å². The summed E-state index contributed by atoms with van der Waals surface area (Å²) >= 11 is 0. The Balaban J connectivity index is 2.49. The quantitative estimate of drug-likeness (QED) is 0.862. The average Bonchev–Trinajstić information content (AvgIpc) is 2.40. The fourth-order valence-corrected chi connectivity index (χ4v) is 2.60. The molecule has 1 aromatic rings. The van der Waals surface area contributed by atoms with Crippen LogP contribution in [0, 0.1) is 11.6 Å². The summed E-state index contributed by atoms with van der Waals surface area (Å²) in [6.07, 6.45) is -0.0108. The van der Waals surface area contributed by atoms with Gasteiger partial charge in [0, 0.05) is 18.7 Å². The predicted octanol–water partition coefficient (Wildman–Crippen LogP) is 1.88. The van der Waals surface area contributed by atoms with E-state index in [2.05, 4.69) is 0 Å². The van der Waals surface area contributed by atoms with E-state index in [1.807, 2.05) is 13.8 Å². The lowest BCUT2D eigenvalue weighted by Gasteiger charge is -2.37. The first-order valence-electron chi connectivity index (χ1n) is 6.45. The minimum atomic E-state index is -1.18. The molecule has 1 N–H and O–H groups in total. The topological polar surface area (TPSA) is 49.8 Å². The maximum Gasteiger partial charge on any atom is 0.183 e. The van der Waals surface area contributed by atoms with Gasteiger partial charge in [0.05, 0.1) is 30.1 Å². The fraction of sp³-hybridized carbons (Fsp3) is 0.500. The van der Waals surface area contributed by atoms with E-state index in [1.54, 1.807) is 4.90 Å². The Morgan fingerprint density at radius 3 is 2.45 bits per heavy atom. The molecule has 0 radical (unpaired) electrons. The van der Waals surface area contributed by atoms with Crippen molar-refractivity contribution >= 4 is 12.0 Å². The third-order valence-electron chi connectivity index (χ3n) is 3.32. The zero-order valence-corrected chi connectivity index (χ0v) is 11.4. The summed E-state index contributed by atoms with van der Waals surface area (Å²) < 4.78 is 33.5. The number of aldehydes is 1. The van der Waals surface area contributed by atoms with Gasteiger partial charge in [0.2, 0.25) is 0 Å². The van der Waals surface area contributed by atoms with Gasteiger partial charge in [0.25, 0.3) is 0 Å². The average molecular weight is 285 g/mol. The number of benzene rings is 1. The van der Waals surface area contributed by atoms with Crippen molar-refractivity contribution in [2.45, 2.75) is 32.7 Å². The summed E-state index contributed by atoms with van der Waals surface area (Å²) in [6.45, 7) is 4.01. The van der Waals surface area contributed by atoms with Crippen LogP contribution in [0.1, 0.15) is 29.8 Å². The number of anilines is 1. The molecule has 1 aliphatic rings. The highest BCUT2D eigenvalue weighted by Gasteiger charge is 2.28. The van der Waals surface area contributed by atoms with E-state index in [1.165, 1.54) is 6.07 Å². The van der Waals surface area contributed by atoms with Crippen LogP contribution in [0.3, 0.4) is 0 Å². The van der Waals surface area contributed by atoms with E-state index in [-0.39, 0.29) is 35.3 Å². The zero-order chi connectivity index (χ0) is 14.9. The molecular formula is C14H17F2NO3. The largest absolute Gasteiger partial charge is 0.392 e. The minimum absolute atomic E-state index is 0.0117. The van der Waals surface area contributed by atoms with Gasteiger partial charge >= 0.3 is 0 Å². The van der Waals surface area contributed by atoms with Gasteiger partial charge in [-0.1, -0.05) is 0 Å². The van der Waals surface area contributed by atoms with Crippen LogP contribution in [0.25, 0.3) is 0 Å². The normalized spacial score (nSPS) is 22.9. The molecule has 1 aromatic carbocycles. The van der Waals surface area contributed by atoms with Crippen LogP contribution >= 0.6 is 0 Å². The number of hydrogen-bond donors (Lipinski definition) is 1. The molecule has 1 heterocycles. The fourth-order valence-electron chi connectivity index (χ4n) is 2.60. The zero-order valence-electron chi connectivity index (χ0n) is 11.4. The Hall–Kier alpha value is -1.53. The number of carbonyl (C=O) groups is 1. The number of carbonyl (C=O) groups excluding carboxylic acids is 1. The molecule has 1 saturated heterocycles. The predicted molar refractivity (Wildman–Crippen MR) is 69.9 cm³/mol. The highest BCUT2D eigenvalue weighted by molar-refractivity contribution is 5.78. The second-order valence-corrected chi connectivity index (χ2v) is 5.04. The van der Waals surface area contributed by atoms with Crippen molar-refractivity contribution in [2.24, 2.45) is 0 Å². The maximum atomic E-state index is 14.2. The van der Waals surface area contributed by atoms with Crippen LogP contribution in [0.2, 0.25) is 0 Å². The third-order valence-corrected chi connectivity index (χ3v) is 3.32. The summed E-state index contributed by atoms with van der Waals surface area (Å²) in [5.74, 6) is -2.28. The molecule has 110 valence electrons. The molecule has 0 aliphatic carbocycles. The van der Waals surface area contributed by atoms with Crippen molar-refractivity contribution in [1.82, 2.24) is 0 Å². The van der Waals surface area contributed by atoms with Crippen LogP contribution in [0.15, 0.2) is 6.07 Å². The number of nitrogens with zero attached hydrogens (tertiary/aromatic N) is 1. The van der Waals surface area contributed by atoms with E-state index in [0.29, 0.717) is 13.1 Å². The Morgan fingerprint density at radius 2 is 1.95 bits per heavy atom. The first kappa shape index (κ1) is 14.9. The second-order valence-electron chi connectivity index (χ2n) is 5.04. The van der Waals surface area contributed by atoms with E-state index < -0.39 is 18.2 Å². The summed E-state index contributed by atoms with van der Waals surface area (Å²) in [5.41, 5.74) is -0.172. The van der Waals surface area contributed by atoms with Gasteiger partial charge in [-0.3, -0.25) is 4.79 Å². The summed E-state index contributed by atoms with van der Waals surface area (Å²) in [7, 11) is 0. The third kappa shape index (κ3) is 2.66. The van der Waals surface area contributed by atoms with Crippen LogP contribution < -0.4 is 4.90 Å². The molecule has 4 nitrogen and oxygen atoms in total. The van der Waals surface area contributed by atoms with Crippen molar-refractivity contribution in [2.75, 3.05) is 18.0 Å². The number of ether oxygens (including phenoxy) is 1. The molecule has 0 saturated carbocycles. The smallest absolute Gasteiger partial charge is 0.183 e. The van der Waals surface area contributed by atoms with Crippen LogP contribution in [0.5, 0.6) is 0 Å². The molecule has 0 amide bonds. The molecule has 0 spiro atoms. The molecule has 2 atom stereocenters. The first-order valence-corrected chi connectivity index (χ1v) is 6.45. The Kier molecular flexibility index (Phi) is 4.35. The lowest BCUT2D eigenvalue weighted by Crippen LogP contribution is -2.46. The molecular weight excluding hydrogens is 268 g/mol. The highest BCUT2D eigenvalue weighted by Crippen LogP contribution is 2.31. The standard InChI is InChI=1S/C14H17F2NO3/c1-8-4-17(5-9(2)20-8)14-11(7-19)3-10(6-18)12(15)13(14)16/h3,6,8-9,19H,4-5,7H2,1-2H3. The molecule has 1 fully saturated rings. The SMILES string of the molecule is CC1CN(c2c(CO)cc(C=O)c(F)c2F)CC(C)O1. The molecule has 0 aromatic heterocycles. The van der Waals surface area contributed by atoms with Gasteiger partial charge in [-0.05, 0) is 19.9 Å². The molecule has 2 unspecified atom stereocenters. The highest BCUT2D eigenvalue weighted by atomic mass is 19.2. The minimum Gasteiger partial charge on any atom is -0.392 e. The van der Waals surface area contributed by atoms with Crippen molar-refractivity contribution in [3.05, 3.63) is 28.8 Å². The number of halogens is 2. The molecule has 0 bridgehead atoms. The molecule has 20 heavy (non-hydrogen) atoms. The number of rotatable bonds is 3. The Morgan fingerprint density at radius 1 is 1.35 bits per heavy atom. The van der Waals surface area contributed by atoms with Crippen molar-refractivity contribution < 1.29 is 23.4 Å². The summed E-state index contributed by atoms with van der Waals surface area (Å²) in [4.78, 5) is 12.4. The van der Waals surface area contributed by atoms with Crippen LogP contribution in [0.4, 0.5) is 14.5 Å². The van der Waals surface area contributed by atoms with E-state index in [4.69, 9.17) is 4.74 Å². The monoisotopic (exact) mass is 285 g/mol. The maximum absolute atomic E-state index is 14.2. The van der Waals surface area contributed by atoms with Crippen molar-refractivity contribution in [3.63, 3.8) is 0 Å². The molecule has 2 rings (SSSR count). The van der Waals surface area contributed by atoms with Crippen molar-refractivity contribution in [3.8, 4) is 0 Å². The summed E-state index contributed by atoms with van der Waals surface area (Å²) in [5, 5.41) is 9.35.